The van der Waals surface area contributed by atoms with Crippen molar-refractivity contribution in [2.75, 3.05) is 29.9 Å². The van der Waals surface area contributed by atoms with E-state index in [1.165, 1.54) is 12.8 Å². The van der Waals surface area contributed by atoms with Crippen molar-refractivity contribution in [1.29, 1.82) is 0 Å². The third-order valence-corrected chi connectivity index (χ3v) is 3.04. The lowest BCUT2D eigenvalue weighted by Crippen LogP contribution is -2.34. The highest BCUT2D eigenvalue weighted by Gasteiger charge is 2.18. The van der Waals surface area contributed by atoms with Gasteiger partial charge in [0.05, 0.1) is 6.20 Å². The van der Waals surface area contributed by atoms with Gasteiger partial charge in [0.1, 0.15) is 0 Å². The zero-order valence-electron chi connectivity index (χ0n) is 10.3. The Hall–Kier alpha value is -1.65. The minimum Gasteiger partial charge on any atom is -0.365 e. The molecule has 1 aromatic rings. The maximum atomic E-state index is 4.45. The van der Waals surface area contributed by atoms with Crippen molar-refractivity contribution < 1.29 is 0 Å². The Morgan fingerprint density at radius 2 is 2.29 bits per heavy atom. The number of hydrogen-bond acceptors (Lipinski definition) is 5. The Morgan fingerprint density at radius 3 is 3.00 bits per heavy atom. The van der Waals surface area contributed by atoms with Crippen LogP contribution in [-0.2, 0) is 0 Å². The standard InChI is InChI=1S/C12H19N5/c1-3-6-13-11-9-14-16-12(15-11)17-7-4-10(2)5-8-17/h3,9-10H,1,4-8H2,2H3,(H,13,15,16). The molecule has 1 fully saturated rings. The fraction of sp³-hybridized carbons (Fsp3) is 0.583. The summed E-state index contributed by atoms with van der Waals surface area (Å²) in [5, 5.41) is 11.2. The molecule has 5 heteroatoms. The van der Waals surface area contributed by atoms with E-state index in [2.05, 4.69) is 38.9 Å². The van der Waals surface area contributed by atoms with Gasteiger partial charge in [-0.05, 0) is 18.8 Å². The molecule has 0 radical (unpaired) electrons. The lowest BCUT2D eigenvalue weighted by Gasteiger charge is -2.29. The number of rotatable bonds is 4. The molecule has 1 aliphatic heterocycles. The van der Waals surface area contributed by atoms with Gasteiger partial charge >= 0.3 is 0 Å². The molecule has 1 N–H and O–H groups in total. The van der Waals surface area contributed by atoms with Crippen LogP contribution in [0.25, 0.3) is 0 Å². The van der Waals surface area contributed by atoms with E-state index in [1.807, 2.05) is 0 Å². The molecule has 0 aromatic carbocycles. The Kier molecular flexibility index (Phi) is 3.90. The predicted octanol–water partition coefficient (Wildman–Crippen LogP) is 1.71. The van der Waals surface area contributed by atoms with Gasteiger partial charge in [0.2, 0.25) is 5.95 Å². The van der Waals surface area contributed by atoms with Crippen molar-refractivity contribution in [2.24, 2.45) is 5.92 Å². The van der Waals surface area contributed by atoms with Crippen LogP contribution in [0.3, 0.4) is 0 Å². The highest BCUT2D eigenvalue weighted by Crippen LogP contribution is 2.19. The van der Waals surface area contributed by atoms with Crippen LogP contribution >= 0.6 is 0 Å². The van der Waals surface area contributed by atoms with Crippen LogP contribution < -0.4 is 10.2 Å². The summed E-state index contributed by atoms with van der Waals surface area (Å²) in [7, 11) is 0. The Bertz CT molecular complexity index is 371. The largest absolute Gasteiger partial charge is 0.365 e. The third-order valence-electron chi connectivity index (χ3n) is 3.04. The smallest absolute Gasteiger partial charge is 0.247 e. The van der Waals surface area contributed by atoms with E-state index in [4.69, 9.17) is 0 Å². The molecular formula is C12H19N5. The molecule has 5 nitrogen and oxygen atoms in total. The Labute approximate surface area is 102 Å². The summed E-state index contributed by atoms with van der Waals surface area (Å²) < 4.78 is 0. The zero-order valence-corrected chi connectivity index (χ0v) is 10.3. The number of aromatic nitrogens is 3. The van der Waals surface area contributed by atoms with Crippen LogP contribution in [-0.4, -0.2) is 34.8 Å². The van der Waals surface area contributed by atoms with Gasteiger partial charge in [0, 0.05) is 19.6 Å². The number of hydrogen-bond donors (Lipinski definition) is 1. The summed E-state index contributed by atoms with van der Waals surface area (Å²) in [5.41, 5.74) is 0. The van der Waals surface area contributed by atoms with E-state index in [0.717, 1.165) is 30.8 Å². The molecule has 92 valence electrons. The van der Waals surface area contributed by atoms with Crippen molar-refractivity contribution in [3.8, 4) is 0 Å². The summed E-state index contributed by atoms with van der Waals surface area (Å²) in [6, 6.07) is 0. The topological polar surface area (TPSA) is 53.9 Å². The monoisotopic (exact) mass is 233 g/mol. The van der Waals surface area contributed by atoms with Gasteiger partial charge in [-0.1, -0.05) is 13.0 Å². The third kappa shape index (κ3) is 3.15. The van der Waals surface area contributed by atoms with E-state index in [-0.39, 0.29) is 0 Å². The molecule has 0 unspecified atom stereocenters. The number of nitrogens with one attached hydrogen (secondary N) is 1. The molecule has 1 saturated heterocycles. The van der Waals surface area contributed by atoms with Crippen molar-refractivity contribution in [3.05, 3.63) is 18.9 Å². The van der Waals surface area contributed by atoms with Crippen LogP contribution in [0.1, 0.15) is 19.8 Å². The Balaban J connectivity index is 2.02. The van der Waals surface area contributed by atoms with E-state index in [9.17, 15) is 0 Å². The average Bonchev–Trinajstić information content (AvgIpc) is 2.37. The Morgan fingerprint density at radius 1 is 1.53 bits per heavy atom. The van der Waals surface area contributed by atoms with Crippen molar-refractivity contribution in [3.63, 3.8) is 0 Å². The van der Waals surface area contributed by atoms with E-state index >= 15 is 0 Å². The maximum Gasteiger partial charge on any atom is 0.247 e. The molecule has 0 saturated carbocycles. The molecule has 17 heavy (non-hydrogen) atoms. The highest BCUT2D eigenvalue weighted by molar-refractivity contribution is 5.39. The second kappa shape index (κ2) is 5.61. The molecule has 0 atom stereocenters. The molecule has 0 amide bonds. The summed E-state index contributed by atoms with van der Waals surface area (Å²) in [5.74, 6) is 2.29. The number of nitrogens with zero attached hydrogens (tertiary/aromatic N) is 4. The first kappa shape index (κ1) is 11.8. The van der Waals surface area contributed by atoms with Gasteiger partial charge in [-0.15, -0.1) is 11.7 Å². The first-order valence-electron chi connectivity index (χ1n) is 6.09. The van der Waals surface area contributed by atoms with Gasteiger partial charge in [0.15, 0.2) is 5.82 Å². The van der Waals surface area contributed by atoms with Crippen LogP contribution in [0, 0.1) is 5.92 Å². The van der Waals surface area contributed by atoms with Crippen molar-refractivity contribution in [1.82, 2.24) is 15.2 Å². The van der Waals surface area contributed by atoms with Gasteiger partial charge in [0.25, 0.3) is 0 Å². The normalized spacial score (nSPS) is 16.9. The van der Waals surface area contributed by atoms with Crippen LogP contribution in [0.2, 0.25) is 0 Å². The minimum atomic E-state index is 0.690. The quantitative estimate of drug-likeness (QED) is 0.802. The van der Waals surface area contributed by atoms with Gasteiger partial charge in [-0.25, -0.2) is 0 Å². The fourth-order valence-corrected chi connectivity index (χ4v) is 1.90. The summed E-state index contributed by atoms with van der Waals surface area (Å²) in [6.45, 7) is 8.68. The first-order chi connectivity index (χ1) is 8.29. The predicted molar refractivity (Wildman–Crippen MR) is 69.1 cm³/mol. The van der Waals surface area contributed by atoms with E-state index < -0.39 is 0 Å². The van der Waals surface area contributed by atoms with Crippen LogP contribution in [0.15, 0.2) is 18.9 Å². The molecule has 0 bridgehead atoms. The maximum absolute atomic E-state index is 4.45. The number of anilines is 2. The van der Waals surface area contributed by atoms with Gasteiger partial charge < -0.3 is 10.2 Å². The average molecular weight is 233 g/mol. The summed E-state index contributed by atoms with van der Waals surface area (Å²) >= 11 is 0. The summed E-state index contributed by atoms with van der Waals surface area (Å²) in [4.78, 5) is 6.65. The molecule has 2 heterocycles. The second-order valence-corrected chi connectivity index (χ2v) is 4.48. The fourth-order valence-electron chi connectivity index (χ4n) is 1.90. The molecule has 1 aromatic heterocycles. The zero-order chi connectivity index (χ0) is 12.1. The lowest BCUT2D eigenvalue weighted by molar-refractivity contribution is 0.433. The molecular weight excluding hydrogens is 214 g/mol. The molecule has 2 rings (SSSR count). The summed E-state index contributed by atoms with van der Waals surface area (Å²) in [6.07, 6.45) is 5.84. The second-order valence-electron chi connectivity index (χ2n) is 4.48. The first-order valence-corrected chi connectivity index (χ1v) is 6.09. The van der Waals surface area contributed by atoms with Gasteiger partial charge in [-0.3, -0.25) is 0 Å². The van der Waals surface area contributed by atoms with Crippen LogP contribution in [0.5, 0.6) is 0 Å². The molecule has 0 aliphatic carbocycles. The SMILES string of the molecule is C=CCNc1cnnc(N2CCC(C)CC2)n1. The highest BCUT2D eigenvalue weighted by atomic mass is 15.3. The van der Waals surface area contributed by atoms with E-state index in [0.29, 0.717) is 6.54 Å². The van der Waals surface area contributed by atoms with Crippen molar-refractivity contribution >= 4 is 11.8 Å². The number of piperidine rings is 1. The van der Waals surface area contributed by atoms with Gasteiger partial charge in [-0.2, -0.15) is 10.1 Å². The molecule has 1 aliphatic rings. The lowest BCUT2D eigenvalue weighted by atomic mass is 10.00. The minimum absolute atomic E-state index is 0.690. The van der Waals surface area contributed by atoms with Crippen molar-refractivity contribution in [2.45, 2.75) is 19.8 Å². The molecule has 0 spiro atoms. The van der Waals surface area contributed by atoms with E-state index in [1.54, 1.807) is 12.3 Å². The van der Waals surface area contributed by atoms with Crippen LogP contribution in [0.4, 0.5) is 11.8 Å².